The van der Waals surface area contributed by atoms with Crippen molar-refractivity contribution in [2.24, 2.45) is 0 Å². The molecule has 0 saturated carbocycles. The summed E-state index contributed by atoms with van der Waals surface area (Å²) in [7, 11) is 0. The SMILES string of the molecule is ClC1(Br)CC=c2cccc3c2=C1CC3. The largest absolute Gasteiger partial charge is 0.124 e. The molecular weight excluding hydrogens is 259 g/mol. The van der Waals surface area contributed by atoms with Gasteiger partial charge < -0.3 is 0 Å². The quantitative estimate of drug-likeness (QED) is 0.634. The molecule has 0 heterocycles. The van der Waals surface area contributed by atoms with Crippen LogP contribution in [-0.2, 0) is 6.42 Å². The van der Waals surface area contributed by atoms with Crippen LogP contribution < -0.4 is 10.4 Å². The van der Waals surface area contributed by atoms with Crippen molar-refractivity contribution in [3.63, 3.8) is 0 Å². The Morgan fingerprint density at radius 2 is 2.14 bits per heavy atom. The van der Waals surface area contributed by atoms with E-state index in [-0.39, 0.29) is 3.78 Å². The van der Waals surface area contributed by atoms with Crippen molar-refractivity contribution in [3.8, 4) is 0 Å². The van der Waals surface area contributed by atoms with Crippen molar-refractivity contribution in [1.29, 1.82) is 0 Å². The molecule has 0 fully saturated rings. The zero-order valence-electron chi connectivity index (χ0n) is 7.69. The zero-order valence-corrected chi connectivity index (χ0v) is 10.0. The van der Waals surface area contributed by atoms with E-state index in [9.17, 15) is 0 Å². The van der Waals surface area contributed by atoms with Gasteiger partial charge in [-0.25, -0.2) is 0 Å². The highest BCUT2D eigenvalue weighted by Gasteiger charge is 2.33. The summed E-state index contributed by atoms with van der Waals surface area (Å²) in [4.78, 5) is 0. The number of halogens is 2. The Morgan fingerprint density at radius 3 is 3.00 bits per heavy atom. The second-order valence-electron chi connectivity index (χ2n) is 3.97. The van der Waals surface area contributed by atoms with Gasteiger partial charge in [-0.05, 0) is 40.8 Å². The molecule has 0 aromatic heterocycles. The maximum absolute atomic E-state index is 6.45. The average Bonchev–Trinajstić information content (AvgIpc) is 2.58. The fourth-order valence-corrected chi connectivity index (χ4v) is 3.30. The molecule has 0 radical (unpaired) electrons. The molecule has 0 saturated heterocycles. The van der Waals surface area contributed by atoms with Gasteiger partial charge in [0, 0.05) is 0 Å². The van der Waals surface area contributed by atoms with Crippen LogP contribution in [0.3, 0.4) is 0 Å². The van der Waals surface area contributed by atoms with Gasteiger partial charge in [-0.2, -0.15) is 0 Å². The van der Waals surface area contributed by atoms with Crippen LogP contribution in [0.15, 0.2) is 18.2 Å². The van der Waals surface area contributed by atoms with Crippen molar-refractivity contribution < 1.29 is 0 Å². The fourth-order valence-electron chi connectivity index (χ4n) is 2.48. The van der Waals surface area contributed by atoms with Crippen LogP contribution in [0, 0.1) is 0 Å². The van der Waals surface area contributed by atoms with Crippen molar-refractivity contribution >= 4 is 39.2 Å². The molecule has 0 spiro atoms. The lowest BCUT2D eigenvalue weighted by atomic mass is 10.0. The van der Waals surface area contributed by atoms with Crippen LogP contribution in [0.5, 0.6) is 0 Å². The molecule has 0 bridgehead atoms. The van der Waals surface area contributed by atoms with E-state index in [4.69, 9.17) is 11.6 Å². The third-order valence-electron chi connectivity index (χ3n) is 3.15. The molecule has 14 heavy (non-hydrogen) atoms. The number of rotatable bonds is 0. The lowest BCUT2D eigenvalue weighted by Gasteiger charge is -2.22. The van der Waals surface area contributed by atoms with Crippen molar-refractivity contribution in [3.05, 3.63) is 34.2 Å². The third-order valence-corrected chi connectivity index (χ3v) is 4.33. The second-order valence-corrected chi connectivity index (χ2v) is 6.43. The van der Waals surface area contributed by atoms with Gasteiger partial charge in [-0.15, -0.1) is 11.6 Å². The van der Waals surface area contributed by atoms with Crippen molar-refractivity contribution in [2.45, 2.75) is 23.0 Å². The summed E-state index contributed by atoms with van der Waals surface area (Å²) in [6.45, 7) is 0. The predicted octanol–water partition coefficient (Wildman–Crippen LogP) is 2.30. The average molecular weight is 270 g/mol. The summed E-state index contributed by atoms with van der Waals surface area (Å²) < 4.78 is -0.313. The van der Waals surface area contributed by atoms with E-state index in [1.807, 2.05) is 0 Å². The highest BCUT2D eigenvalue weighted by Crippen LogP contribution is 2.41. The van der Waals surface area contributed by atoms with E-state index < -0.39 is 0 Å². The maximum Gasteiger partial charge on any atom is 0.124 e. The van der Waals surface area contributed by atoms with Crippen LogP contribution in [-0.4, -0.2) is 3.78 Å². The van der Waals surface area contributed by atoms with Gasteiger partial charge >= 0.3 is 0 Å². The second kappa shape index (κ2) is 2.86. The third kappa shape index (κ3) is 1.12. The first-order valence-electron chi connectivity index (χ1n) is 4.88. The summed E-state index contributed by atoms with van der Waals surface area (Å²) in [6, 6.07) is 6.54. The van der Waals surface area contributed by atoms with E-state index in [2.05, 4.69) is 40.2 Å². The highest BCUT2D eigenvalue weighted by molar-refractivity contribution is 9.10. The minimum absolute atomic E-state index is 0.313. The molecule has 1 aromatic rings. The lowest BCUT2D eigenvalue weighted by molar-refractivity contribution is 0.966. The number of hydrogen-bond donors (Lipinski definition) is 0. The standard InChI is InChI=1S/C12H10BrCl/c13-12(14)7-6-9-3-1-2-8-4-5-10(12)11(8)9/h1-3,6H,4-5,7H2. The number of aryl methyl sites for hydroxylation is 1. The van der Waals surface area contributed by atoms with Gasteiger partial charge in [0.1, 0.15) is 3.78 Å². The minimum Gasteiger partial charge on any atom is -0.101 e. The normalized spacial score (nSPS) is 28.6. The van der Waals surface area contributed by atoms with Gasteiger partial charge in [-0.1, -0.05) is 40.2 Å². The van der Waals surface area contributed by atoms with Crippen molar-refractivity contribution in [2.75, 3.05) is 0 Å². The Labute approximate surface area is 96.4 Å². The van der Waals surface area contributed by atoms with Gasteiger partial charge in [0.2, 0.25) is 0 Å². The first kappa shape index (κ1) is 8.99. The molecule has 0 N–H and O–H groups in total. The van der Waals surface area contributed by atoms with Gasteiger partial charge in [0.25, 0.3) is 0 Å². The van der Waals surface area contributed by atoms with Crippen LogP contribution in [0.4, 0.5) is 0 Å². The molecule has 0 nitrogen and oxygen atoms in total. The molecule has 3 rings (SSSR count). The fraction of sp³-hybridized carbons (Fsp3) is 0.333. The molecule has 2 aliphatic rings. The van der Waals surface area contributed by atoms with E-state index in [0.29, 0.717) is 0 Å². The number of alkyl halides is 2. The summed E-state index contributed by atoms with van der Waals surface area (Å²) in [6.07, 6.45) is 5.37. The molecule has 0 aliphatic heterocycles. The Kier molecular flexibility index (Phi) is 1.84. The molecule has 1 aromatic carbocycles. The first-order chi connectivity index (χ1) is 6.68. The first-order valence-corrected chi connectivity index (χ1v) is 6.05. The number of hydrogen-bond acceptors (Lipinski definition) is 0. The molecule has 2 aliphatic carbocycles. The predicted molar refractivity (Wildman–Crippen MR) is 64.0 cm³/mol. The molecule has 2 heteroatoms. The Hall–Kier alpha value is -0.270. The smallest absolute Gasteiger partial charge is 0.101 e. The molecule has 1 atom stereocenters. The van der Waals surface area contributed by atoms with E-state index >= 15 is 0 Å². The van der Waals surface area contributed by atoms with E-state index in [0.717, 1.165) is 19.3 Å². The zero-order chi connectivity index (χ0) is 9.76. The topological polar surface area (TPSA) is 0 Å². The van der Waals surface area contributed by atoms with Gasteiger partial charge in [-0.3, -0.25) is 0 Å². The number of benzene rings is 1. The van der Waals surface area contributed by atoms with Gasteiger partial charge in [0.15, 0.2) is 0 Å². The molecular formula is C12H10BrCl. The summed E-state index contributed by atoms with van der Waals surface area (Å²) in [5.41, 5.74) is 2.84. The van der Waals surface area contributed by atoms with E-state index in [1.54, 1.807) is 0 Å². The van der Waals surface area contributed by atoms with E-state index in [1.165, 1.54) is 21.6 Å². The highest BCUT2D eigenvalue weighted by atomic mass is 79.9. The summed E-state index contributed by atoms with van der Waals surface area (Å²) in [5, 5.41) is 2.77. The molecule has 72 valence electrons. The Balaban J connectivity index is 2.48. The summed E-state index contributed by atoms with van der Waals surface area (Å²) in [5.74, 6) is 0. The van der Waals surface area contributed by atoms with Crippen LogP contribution in [0.2, 0.25) is 0 Å². The van der Waals surface area contributed by atoms with Gasteiger partial charge in [0.05, 0.1) is 0 Å². The van der Waals surface area contributed by atoms with Crippen LogP contribution in [0.1, 0.15) is 18.4 Å². The van der Waals surface area contributed by atoms with Crippen LogP contribution in [0.25, 0.3) is 11.6 Å². The monoisotopic (exact) mass is 268 g/mol. The Morgan fingerprint density at radius 1 is 1.29 bits per heavy atom. The van der Waals surface area contributed by atoms with Crippen LogP contribution >= 0.6 is 27.5 Å². The minimum atomic E-state index is -0.313. The maximum atomic E-state index is 6.45. The molecule has 1 unspecified atom stereocenters. The summed E-state index contributed by atoms with van der Waals surface area (Å²) >= 11 is 10.1. The Bertz CT molecular complexity index is 514. The lowest BCUT2D eigenvalue weighted by Crippen LogP contribution is -2.35. The van der Waals surface area contributed by atoms with Crippen molar-refractivity contribution in [1.82, 2.24) is 0 Å². The molecule has 0 amide bonds.